The van der Waals surface area contributed by atoms with Gasteiger partial charge >= 0.3 is 11.9 Å². The first-order valence-electron chi connectivity index (χ1n) is 17.2. The topological polar surface area (TPSA) is 78.9 Å². The van der Waals surface area contributed by atoms with Crippen molar-refractivity contribution in [3.8, 4) is 45.3 Å². The second-order valence-corrected chi connectivity index (χ2v) is 13.4. The number of esters is 2. The number of fused-ring (bicyclic) bond motifs is 2. The molecule has 0 spiro atoms. The third-order valence-electron chi connectivity index (χ3n) is 9.73. The van der Waals surface area contributed by atoms with Crippen molar-refractivity contribution >= 4 is 33.5 Å². The average Bonchev–Trinajstić information content (AvgIpc) is 3.75. The number of cyclic esters (lactones) is 2. The van der Waals surface area contributed by atoms with Gasteiger partial charge in [0, 0.05) is 57.6 Å². The highest BCUT2D eigenvalue weighted by Crippen LogP contribution is 2.48. The van der Waals surface area contributed by atoms with Crippen LogP contribution in [0, 0.1) is 0 Å². The van der Waals surface area contributed by atoms with Crippen molar-refractivity contribution in [2.45, 2.75) is 25.0 Å². The summed E-state index contributed by atoms with van der Waals surface area (Å²) < 4.78 is 25.1. The molecule has 0 amide bonds. The fraction of sp³-hybridized carbons (Fsp3) is 0.0870. The van der Waals surface area contributed by atoms with Gasteiger partial charge in [-0.15, -0.1) is 0 Å². The molecule has 6 nitrogen and oxygen atoms in total. The number of carbonyl (C=O) groups is 2. The second kappa shape index (κ2) is 12.0. The van der Waals surface area contributed by atoms with Crippen LogP contribution < -0.4 is 0 Å². The van der Waals surface area contributed by atoms with Crippen LogP contribution in [0.4, 0.5) is 0 Å². The van der Waals surface area contributed by atoms with Crippen LogP contribution in [0.1, 0.15) is 25.0 Å². The number of ether oxygens (including phenoxy) is 2. The van der Waals surface area contributed by atoms with Crippen LogP contribution in [0.15, 0.2) is 167 Å². The molecule has 1 fully saturated rings. The van der Waals surface area contributed by atoms with Gasteiger partial charge in [-0.1, -0.05) is 146 Å². The molecule has 0 N–H and O–H groups in total. The number of hydrogen-bond acceptors (Lipinski definition) is 6. The number of carbonyl (C=O) groups excluding carboxylic acids is 2. The minimum Gasteiger partial charge on any atom is -0.455 e. The van der Waals surface area contributed by atoms with Crippen LogP contribution in [0.2, 0.25) is 0 Å². The van der Waals surface area contributed by atoms with E-state index in [1.165, 1.54) is 0 Å². The molecule has 6 aromatic carbocycles. The molecule has 8 aromatic rings. The van der Waals surface area contributed by atoms with Crippen molar-refractivity contribution in [2.75, 3.05) is 0 Å². The monoisotopic (exact) mass is 680 g/mol. The Kier molecular flexibility index (Phi) is 7.22. The highest BCUT2D eigenvalue weighted by atomic mass is 16.7. The quantitative estimate of drug-likeness (QED) is 0.128. The van der Waals surface area contributed by atoms with E-state index in [1.807, 2.05) is 146 Å². The van der Waals surface area contributed by atoms with Crippen molar-refractivity contribution in [1.82, 2.24) is 0 Å². The summed E-state index contributed by atoms with van der Waals surface area (Å²) >= 11 is 0. The van der Waals surface area contributed by atoms with Crippen LogP contribution in [0.3, 0.4) is 0 Å². The maximum Gasteiger partial charge on any atom is 0.335 e. The number of rotatable bonds is 6. The molecule has 1 aliphatic heterocycles. The first kappa shape index (κ1) is 31.3. The molecule has 0 unspecified atom stereocenters. The molecule has 0 radical (unpaired) electrons. The largest absolute Gasteiger partial charge is 0.455 e. The second-order valence-electron chi connectivity index (χ2n) is 13.4. The molecule has 1 aliphatic rings. The zero-order chi connectivity index (χ0) is 35.5. The van der Waals surface area contributed by atoms with Crippen LogP contribution in [0.5, 0.6) is 0 Å². The van der Waals surface area contributed by atoms with E-state index in [0.29, 0.717) is 34.2 Å². The van der Waals surface area contributed by atoms with Crippen LogP contribution in [-0.4, -0.2) is 17.7 Å². The lowest BCUT2D eigenvalue weighted by atomic mass is 9.72. The summed E-state index contributed by atoms with van der Waals surface area (Å²) in [4.78, 5) is 29.2. The predicted octanol–water partition coefficient (Wildman–Crippen LogP) is 11.0. The van der Waals surface area contributed by atoms with E-state index in [1.54, 1.807) is 26.0 Å². The third kappa shape index (κ3) is 4.95. The minimum absolute atomic E-state index is 0.399. The van der Waals surface area contributed by atoms with Gasteiger partial charge in [-0.05, 0) is 23.3 Å². The molecule has 6 heteroatoms. The first-order valence-corrected chi connectivity index (χ1v) is 17.2. The molecule has 0 aliphatic carbocycles. The van der Waals surface area contributed by atoms with Crippen molar-refractivity contribution in [2.24, 2.45) is 0 Å². The fourth-order valence-corrected chi connectivity index (χ4v) is 7.31. The molecule has 0 saturated carbocycles. The average molecular weight is 681 g/mol. The van der Waals surface area contributed by atoms with Gasteiger partial charge in [-0.3, -0.25) is 0 Å². The predicted molar refractivity (Wildman–Crippen MR) is 201 cm³/mol. The van der Waals surface area contributed by atoms with E-state index in [4.69, 9.17) is 18.3 Å². The Morgan fingerprint density at radius 2 is 0.692 bits per heavy atom. The van der Waals surface area contributed by atoms with Crippen LogP contribution in [0.25, 0.3) is 66.8 Å². The number of furan rings is 2. The van der Waals surface area contributed by atoms with Gasteiger partial charge in [0.1, 0.15) is 23.0 Å². The fourth-order valence-electron chi connectivity index (χ4n) is 7.31. The van der Waals surface area contributed by atoms with Crippen molar-refractivity contribution in [1.29, 1.82) is 0 Å². The van der Waals surface area contributed by atoms with Gasteiger partial charge in [0.2, 0.25) is 5.41 Å². The van der Waals surface area contributed by atoms with Crippen LogP contribution >= 0.6 is 0 Å². The molecular formula is C46H32O6. The molecule has 52 heavy (non-hydrogen) atoms. The van der Waals surface area contributed by atoms with Gasteiger partial charge in [0.15, 0.2) is 0 Å². The normalized spacial score (nSPS) is 15.0. The van der Waals surface area contributed by atoms with E-state index in [0.717, 1.165) is 43.8 Å². The molecular weight excluding hydrogens is 649 g/mol. The highest BCUT2D eigenvalue weighted by Gasteiger charge is 2.59. The highest BCUT2D eigenvalue weighted by molar-refractivity contribution is 6.14. The van der Waals surface area contributed by atoms with Gasteiger partial charge < -0.3 is 18.3 Å². The zero-order valence-electron chi connectivity index (χ0n) is 28.5. The maximum absolute atomic E-state index is 14.6. The molecule has 0 bridgehead atoms. The van der Waals surface area contributed by atoms with E-state index in [2.05, 4.69) is 0 Å². The molecule has 1 saturated heterocycles. The Hall–Kier alpha value is -6.66. The first-order chi connectivity index (χ1) is 25.3. The van der Waals surface area contributed by atoms with Gasteiger partial charge in [-0.25, -0.2) is 9.59 Å². The van der Waals surface area contributed by atoms with Gasteiger partial charge in [-0.2, -0.15) is 0 Å². The SMILES string of the molecule is CC1(C)OC(=O)C(c2ccc3c(-c4ccccc4)oc(-c4ccccc4)c3c2)(c2ccc3c(-c4ccccc4)oc(-c4ccccc4)c3c2)C(=O)O1. The summed E-state index contributed by atoms with van der Waals surface area (Å²) in [5.74, 6) is -0.303. The molecule has 3 heterocycles. The van der Waals surface area contributed by atoms with Gasteiger partial charge in [0.05, 0.1) is 0 Å². The summed E-state index contributed by atoms with van der Waals surface area (Å²) in [7, 11) is 0. The Morgan fingerprint density at radius 3 is 1.02 bits per heavy atom. The summed E-state index contributed by atoms with van der Waals surface area (Å²) in [5, 5.41) is 3.16. The van der Waals surface area contributed by atoms with Crippen molar-refractivity contribution in [3.05, 3.63) is 169 Å². The lowest BCUT2D eigenvalue weighted by Crippen LogP contribution is -2.57. The van der Waals surface area contributed by atoms with E-state index < -0.39 is 23.1 Å². The Labute approximate surface area is 299 Å². The van der Waals surface area contributed by atoms with E-state index in [9.17, 15) is 9.59 Å². The van der Waals surface area contributed by atoms with E-state index in [-0.39, 0.29) is 0 Å². The summed E-state index contributed by atoms with van der Waals surface area (Å²) in [6.45, 7) is 3.12. The Bertz CT molecular complexity index is 2430. The summed E-state index contributed by atoms with van der Waals surface area (Å²) in [6, 6.07) is 50.5. The zero-order valence-corrected chi connectivity index (χ0v) is 28.5. The van der Waals surface area contributed by atoms with Crippen molar-refractivity contribution < 1.29 is 27.9 Å². The van der Waals surface area contributed by atoms with Crippen LogP contribution in [-0.2, 0) is 24.5 Å². The smallest absolute Gasteiger partial charge is 0.335 e. The molecule has 0 atom stereocenters. The number of benzene rings is 6. The number of hydrogen-bond donors (Lipinski definition) is 0. The van der Waals surface area contributed by atoms with Crippen molar-refractivity contribution in [3.63, 3.8) is 0 Å². The molecule has 2 aromatic heterocycles. The Balaban J connectivity index is 1.32. The van der Waals surface area contributed by atoms with Gasteiger partial charge in [0.25, 0.3) is 5.79 Å². The lowest BCUT2D eigenvalue weighted by molar-refractivity contribution is -0.240. The summed E-state index contributed by atoms with van der Waals surface area (Å²) in [6.07, 6.45) is 0. The minimum atomic E-state index is -1.96. The molecule has 9 rings (SSSR count). The lowest BCUT2D eigenvalue weighted by Gasteiger charge is -2.40. The van der Waals surface area contributed by atoms with E-state index >= 15 is 0 Å². The third-order valence-corrected chi connectivity index (χ3v) is 9.73. The Morgan fingerprint density at radius 1 is 0.385 bits per heavy atom. The molecule has 252 valence electrons. The summed E-state index contributed by atoms with van der Waals surface area (Å²) in [5.41, 5.74) is 2.36. The standard InChI is InChI=1S/C46H32O6/c1-45(2)51-43(47)46(44(48)52-45,33-23-25-35-37(27-33)41(31-19-11-5-12-20-31)49-39(35)29-15-7-3-8-16-29)34-24-26-36-38(28-34)42(32-21-13-6-14-22-32)50-40(36)30-17-9-4-10-18-30/h3-28H,1-2H3. The maximum atomic E-state index is 14.6.